The Labute approximate surface area is 196 Å². The minimum absolute atomic E-state index is 0.0858. The standard InChI is InChI=1S/C25H29Br2NO2/c1-13-18(26)12-19(27)21-20(13)15(23(29)28-21)9-14-10-16(24(2,3)4)22(30-8)17(11-14)25(5,6)7/h9-12H,1-8H3,(H,28,29). The molecule has 0 saturated carbocycles. The zero-order valence-corrected chi connectivity index (χ0v) is 22.1. The summed E-state index contributed by atoms with van der Waals surface area (Å²) in [6, 6.07) is 6.27. The molecule has 1 heterocycles. The van der Waals surface area contributed by atoms with Gasteiger partial charge in [-0.3, -0.25) is 4.79 Å². The van der Waals surface area contributed by atoms with Crippen molar-refractivity contribution >= 4 is 55.1 Å². The third-order valence-electron chi connectivity index (χ3n) is 5.47. The first-order valence-electron chi connectivity index (χ1n) is 10.0. The third kappa shape index (κ3) is 4.11. The number of amides is 1. The largest absolute Gasteiger partial charge is 0.496 e. The zero-order valence-electron chi connectivity index (χ0n) is 18.9. The highest BCUT2D eigenvalue weighted by atomic mass is 79.9. The number of halogens is 2. The van der Waals surface area contributed by atoms with Crippen molar-refractivity contribution in [1.82, 2.24) is 0 Å². The Morgan fingerprint density at radius 1 is 0.933 bits per heavy atom. The molecule has 5 heteroatoms. The second kappa shape index (κ2) is 7.83. The van der Waals surface area contributed by atoms with Crippen molar-refractivity contribution in [2.24, 2.45) is 0 Å². The Bertz CT molecular complexity index is 1040. The van der Waals surface area contributed by atoms with Gasteiger partial charge in [-0.2, -0.15) is 0 Å². The Kier molecular flexibility index (Phi) is 6.02. The van der Waals surface area contributed by atoms with Gasteiger partial charge in [-0.25, -0.2) is 0 Å². The highest BCUT2D eigenvalue weighted by Gasteiger charge is 2.31. The molecular formula is C25H29Br2NO2. The number of methoxy groups -OCH3 is 1. The molecule has 0 bridgehead atoms. The zero-order chi connectivity index (χ0) is 22.6. The number of carbonyl (C=O) groups excluding carboxylic acids is 1. The maximum atomic E-state index is 12.9. The molecule has 0 fully saturated rings. The van der Waals surface area contributed by atoms with Gasteiger partial charge in [-0.05, 0) is 69.1 Å². The molecule has 2 aromatic rings. The molecule has 1 N–H and O–H groups in total. The number of ether oxygens (including phenoxy) is 1. The maximum absolute atomic E-state index is 12.9. The molecule has 3 nitrogen and oxygen atoms in total. The second-order valence-electron chi connectivity index (χ2n) is 9.88. The number of carbonyl (C=O) groups is 1. The fourth-order valence-electron chi connectivity index (χ4n) is 3.84. The lowest BCUT2D eigenvalue weighted by Gasteiger charge is -2.29. The van der Waals surface area contributed by atoms with Gasteiger partial charge in [0.2, 0.25) is 0 Å². The summed E-state index contributed by atoms with van der Waals surface area (Å²) in [5, 5.41) is 3.02. The quantitative estimate of drug-likeness (QED) is 0.402. The van der Waals surface area contributed by atoms with Crippen LogP contribution >= 0.6 is 31.9 Å². The van der Waals surface area contributed by atoms with E-state index in [-0.39, 0.29) is 16.7 Å². The van der Waals surface area contributed by atoms with Crippen molar-refractivity contribution in [2.45, 2.75) is 59.3 Å². The molecule has 1 aliphatic rings. The Morgan fingerprint density at radius 2 is 1.47 bits per heavy atom. The maximum Gasteiger partial charge on any atom is 0.256 e. The van der Waals surface area contributed by atoms with Crippen LogP contribution in [-0.2, 0) is 15.6 Å². The van der Waals surface area contributed by atoms with Crippen LogP contribution in [0.1, 0.15) is 69.4 Å². The summed E-state index contributed by atoms with van der Waals surface area (Å²) >= 11 is 7.19. The van der Waals surface area contributed by atoms with Gasteiger partial charge in [-0.15, -0.1) is 0 Å². The average Bonchev–Trinajstić information content (AvgIpc) is 2.94. The van der Waals surface area contributed by atoms with E-state index in [1.54, 1.807) is 7.11 Å². The lowest BCUT2D eigenvalue weighted by Crippen LogP contribution is -2.19. The van der Waals surface area contributed by atoms with E-state index in [1.807, 2.05) is 19.1 Å². The van der Waals surface area contributed by atoms with E-state index < -0.39 is 0 Å². The molecule has 0 unspecified atom stereocenters. The first-order valence-corrected chi connectivity index (χ1v) is 11.6. The summed E-state index contributed by atoms with van der Waals surface area (Å²) in [7, 11) is 1.73. The van der Waals surface area contributed by atoms with Gasteiger partial charge < -0.3 is 10.1 Å². The molecular weight excluding hydrogens is 506 g/mol. The molecule has 160 valence electrons. The molecule has 0 atom stereocenters. The fourth-order valence-corrected chi connectivity index (χ4v) is 5.10. The van der Waals surface area contributed by atoms with Crippen LogP contribution in [0.15, 0.2) is 27.1 Å². The smallest absolute Gasteiger partial charge is 0.256 e. The van der Waals surface area contributed by atoms with Crippen LogP contribution in [-0.4, -0.2) is 13.0 Å². The monoisotopic (exact) mass is 533 g/mol. The van der Waals surface area contributed by atoms with E-state index in [1.165, 1.54) is 0 Å². The third-order valence-corrected chi connectivity index (χ3v) is 6.92. The van der Waals surface area contributed by atoms with Gasteiger partial charge in [0, 0.05) is 31.2 Å². The minimum Gasteiger partial charge on any atom is -0.496 e. The SMILES string of the molecule is COc1c(C(C)(C)C)cc(C=C2C(=O)Nc3c(Br)cc(Br)c(C)c32)cc1C(C)(C)C. The first-order chi connectivity index (χ1) is 13.8. The molecule has 0 aromatic heterocycles. The highest BCUT2D eigenvalue weighted by Crippen LogP contribution is 2.45. The number of rotatable bonds is 2. The Balaban J connectivity index is 2.31. The molecule has 1 aliphatic heterocycles. The number of anilines is 1. The number of hydrogen-bond donors (Lipinski definition) is 1. The summed E-state index contributed by atoms with van der Waals surface area (Å²) < 4.78 is 7.71. The molecule has 0 spiro atoms. The number of benzene rings is 2. The lowest BCUT2D eigenvalue weighted by atomic mass is 9.78. The number of nitrogens with one attached hydrogen (secondary N) is 1. The normalized spacial score (nSPS) is 15.4. The van der Waals surface area contributed by atoms with E-state index in [0.717, 1.165) is 48.2 Å². The van der Waals surface area contributed by atoms with Crippen LogP contribution in [0.5, 0.6) is 5.75 Å². The molecule has 0 radical (unpaired) electrons. The average molecular weight is 535 g/mol. The predicted molar refractivity (Wildman–Crippen MR) is 133 cm³/mol. The van der Waals surface area contributed by atoms with Gasteiger partial charge in [-0.1, -0.05) is 57.5 Å². The van der Waals surface area contributed by atoms with Crippen LogP contribution in [0, 0.1) is 6.92 Å². The van der Waals surface area contributed by atoms with E-state index >= 15 is 0 Å². The van der Waals surface area contributed by atoms with Gasteiger partial charge in [0.15, 0.2) is 0 Å². The predicted octanol–water partition coefficient (Wildman–Crippen LogP) is 7.62. The topological polar surface area (TPSA) is 38.3 Å². The minimum atomic E-state index is -0.0995. The molecule has 2 aromatic carbocycles. The molecule has 3 rings (SSSR count). The van der Waals surface area contributed by atoms with Crippen molar-refractivity contribution in [3.8, 4) is 5.75 Å². The summed E-state index contributed by atoms with van der Waals surface area (Å²) in [5.74, 6) is 0.840. The van der Waals surface area contributed by atoms with Gasteiger partial charge in [0.1, 0.15) is 5.75 Å². The summed E-state index contributed by atoms with van der Waals surface area (Å²) in [4.78, 5) is 12.9. The van der Waals surface area contributed by atoms with Crippen LogP contribution < -0.4 is 10.1 Å². The van der Waals surface area contributed by atoms with Crippen molar-refractivity contribution in [2.75, 3.05) is 12.4 Å². The fraction of sp³-hybridized carbons (Fsp3) is 0.400. The van der Waals surface area contributed by atoms with E-state index in [0.29, 0.717) is 5.57 Å². The summed E-state index contributed by atoms with van der Waals surface area (Å²) in [6.45, 7) is 15.1. The van der Waals surface area contributed by atoms with Gasteiger partial charge >= 0.3 is 0 Å². The van der Waals surface area contributed by atoms with E-state index in [4.69, 9.17) is 4.74 Å². The van der Waals surface area contributed by atoms with Crippen LogP contribution in [0.2, 0.25) is 0 Å². The Morgan fingerprint density at radius 3 is 1.93 bits per heavy atom. The van der Waals surface area contributed by atoms with E-state index in [9.17, 15) is 4.79 Å². The number of hydrogen-bond acceptors (Lipinski definition) is 2. The van der Waals surface area contributed by atoms with Gasteiger partial charge in [0.25, 0.3) is 5.91 Å². The van der Waals surface area contributed by atoms with Gasteiger partial charge in [0.05, 0.1) is 12.8 Å². The summed E-state index contributed by atoms with van der Waals surface area (Å²) in [6.07, 6.45) is 2.00. The van der Waals surface area contributed by atoms with E-state index in [2.05, 4.69) is 90.9 Å². The lowest BCUT2D eigenvalue weighted by molar-refractivity contribution is -0.110. The van der Waals surface area contributed by atoms with Crippen molar-refractivity contribution in [3.05, 3.63) is 55.0 Å². The Hall–Kier alpha value is -1.59. The highest BCUT2D eigenvalue weighted by molar-refractivity contribution is 9.11. The number of fused-ring (bicyclic) bond motifs is 1. The second-order valence-corrected chi connectivity index (χ2v) is 11.6. The van der Waals surface area contributed by atoms with Crippen LogP contribution in [0.25, 0.3) is 11.6 Å². The molecule has 0 saturated heterocycles. The molecule has 1 amide bonds. The van der Waals surface area contributed by atoms with Crippen LogP contribution in [0.4, 0.5) is 5.69 Å². The molecule has 30 heavy (non-hydrogen) atoms. The summed E-state index contributed by atoms with van der Waals surface area (Å²) in [5.41, 5.74) is 6.55. The van der Waals surface area contributed by atoms with Crippen LogP contribution in [0.3, 0.4) is 0 Å². The van der Waals surface area contributed by atoms with Crippen molar-refractivity contribution in [1.29, 1.82) is 0 Å². The van der Waals surface area contributed by atoms with Crippen molar-refractivity contribution in [3.63, 3.8) is 0 Å². The van der Waals surface area contributed by atoms with Crippen molar-refractivity contribution < 1.29 is 9.53 Å². The molecule has 0 aliphatic carbocycles. The first kappa shape index (κ1) is 23.1.